The second kappa shape index (κ2) is 8.73. The second-order valence-corrected chi connectivity index (χ2v) is 11.2. The first-order chi connectivity index (χ1) is 16.9. The highest BCUT2D eigenvalue weighted by molar-refractivity contribution is 7.89. The van der Waals surface area contributed by atoms with Gasteiger partial charge in [-0.2, -0.15) is 17.5 Å². The van der Waals surface area contributed by atoms with Crippen molar-refractivity contribution >= 4 is 27.4 Å². The molecule has 0 spiro atoms. The molecule has 3 heterocycles. The van der Waals surface area contributed by atoms with Gasteiger partial charge in [0.05, 0.1) is 16.8 Å². The summed E-state index contributed by atoms with van der Waals surface area (Å²) in [6.45, 7) is 2.20. The fourth-order valence-electron chi connectivity index (χ4n) is 4.48. The maximum atomic E-state index is 13.5. The number of nitrogen functional groups attached to an aromatic ring is 1. The van der Waals surface area contributed by atoms with Crippen LogP contribution >= 0.6 is 0 Å². The largest absolute Gasteiger partial charge is 0.434 e. The molecule has 1 aliphatic heterocycles. The third kappa shape index (κ3) is 4.52. The van der Waals surface area contributed by atoms with Crippen molar-refractivity contribution in [2.24, 2.45) is 5.92 Å². The van der Waals surface area contributed by atoms with Crippen LogP contribution in [-0.2, 0) is 21.0 Å². The van der Waals surface area contributed by atoms with Gasteiger partial charge in [0.2, 0.25) is 15.9 Å². The molecule has 36 heavy (non-hydrogen) atoms. The molecule has 3 N–H and O–H groups in total. The molecule has 9 nitrogen and oxygen atoms in total. The molecule has 2 aliphatic rings. The van der Waals surface area contributed by atoms with E-state index in [1.807, 2.05) is 0 Å². The van der Waals surface area contributed by atoms with Crippen LogP contribution < -0.4 is 11.1 Å². The Labute approximate surface area is 205 Å². The molecule has 0 bridgehead atoms. The zero-order valence-corrected chi connectivity index (χ0v) is 20.2. The summed E-state index contributed by atoms with van der Waals surface area (Å²) >= 11 is 0. The van der Waals surface area contributed by atoms with Gasteiger partial charge in [0, 0.05) is 36.8 Å². The van der Waals surface area contributed by atoms with Crippen molar-refractivity contribution in [1.29, 1.82) is 0 Å². The SMILES string of the molecule is Cc1ccc(S(=O)(=O)N2CCCC(NC(=O)C3CC3)C2)cc1-c1cnc2c(N)nc(C(F)(F)F)cn12. The molecule has 2 aromatic heterocycles. The number of imidazole rings is 1. The van der Waals surface area contributed by atoms with Crippen LogP contribution in [0.25, 0.3) is 16.9 Å². The summed E-state index contributed by atoms with van der Waals surface area (Å²) in [7, 11) is -3.92. The smallest absolute Gasteiger partial charge is 0.381 e. The van der Waals surface area contributed by atoms with Crippen LogP contribution in [0.5, 0.6) is 0 Å². The van der Waals surface area contributed by atoms with Crippen LogP contribution in [0.3, 0.4) is 0 Å². The highest BCUT2D eigenvalue weighted by Gasteiger charge is 2.36. The molecule has 0 radical (unpaired) electrons. The molecule has 1 saturated carbocycles. The van der Waals surface area contributed by atoms with Gasteiger partial charge >= 0.3 is 6.18 Å². The first-order valence-electron chi connectivity index (χ1n) is 11.6. The van der Waals surface area contributed by atoms with Crippen LogP contribution in [0.1, 0.15) is 36.9 Å². The van der Waals surface area contributed by atoms with Crippen molar-refractivity contribution in [3.63, 3.8) is 0 Å². The van der Waals surface area contributed by atoms with Crippen molar-refractivity contribution < 1.29 is 26.4 Å². The highest BCUT2D eigenvalue weighted by Crippen LogP contribution is 2.34. The predicted octanol–water partition coefficient (Wildman–Crippen LogP) is 2.99. The molecule has 1 amide bonds. The number of anilines is 1. The summed E-state index contributed by atoms with van der Waals surface area (Å²) in [5.41, 5.74) is 5.88. The van der Waals surface area contributed by atoms with E-state index in [1.165, 1.54) is 27.0 Å². The van der Waals surface area contributed by atoms with Crippen molar-refractivity contribution in [3.05, 3.63) is 41.9 Å². The Balaban J connectivity index is 1.49. The number of sulfonamides is 1. The maximum Gasteiger partial charge on any atom is 0.434 e. The third-order valence-corrected chi connectivity index (χ3v) is 8.47. The number of aromatic nitrogens is 3. The van der Waals surface area contributed by atoms with E-state index in [2.05, 4.69) is 15.3 Å². The molecule has 1 atom stereocenters. The number of fused-ring (bicyclic) bond motifs is 1. The molecule has 1 saturated heterocycles. The lowest BCUT2D eigenvalue weighted by molar-refractivity contribution is -0.141. The number of nitrogens with zero attached hydrogens (tertiary/aromatic N) is 4. The lowest BCUT2D eigenvalue weighted by Gasteiger charge is -2.32. The van der Waals surface area contributed by atoms with E-state index in [0.717, 1.165) is 19.0 Å². The first kappa shape index (κ1) is 24.5. The standard InChI is InChI=1S/C23H25F3N6O3S/c1-13-4-7-16(36(34,35)31-8-2-3-15(11-31)29-22(33)14-5-6-14)9-17(13)18-10-28-21-20(27)30-19(12-32(18)21)23(24,25)26/h4,7,9-10,12,14-15H,2-3,5-6,8,11H2,1H3,(H2,27,30)(H,29,33). The fraction of sp³-hybridized carbons (Fsp3) is 0.435. The van der Waals surface area contributed by atoms with Crippen LogP contribution in [0.2, 0.25) is 0 Å². The van der Waals surface area contributed by atoms with Gasteiger partial charge < -0.3 is 11.1 Å². The van der Waals surface area contributed by atoms with Gasteiger partial charge in [-0.15, -0.1) is 0 Å². The average molecular weight is 523 g/mol. The summed E-state index contributed by atoms with van der Waals surface area (Å²) in [5, 5.41) is 2.95. The van der Waals surface area contributed by atoms with Crippen LogP contribution in [0.15, 0.2) is 35.5 Å². The fourth-order valence-corrected chi connectivity index (χ4v) is 6.03. The Morgan fingerprint density at radius 1 is 1.22 bits per heavy atom. The predicted molar refractivity (Wildman–Crippen MR) is 125 cm³/mol. The Hall–Kier alpha value is -3.19. The molecule has 192 valence electrons. The van der Waals surface area contributed by atoms with Crippen LogP contribution in [0, 0.1) is 12.8 Å². The van der Waals surface area contributed by atoms with E-state index in [-0.39, 0.29) is 46.5 Å². The number of aryl methyl sites for hydroxylation is 1. The minimum Gasteiger partial charge on any atom is -0.381 e. The molecule has 1 aromatic carbocycles. The molecule has 2 fully saturated rings. The summed E-state index contributed by atoms with van der Waals surface area (Å²) in [6, 6.07) is 4.25. The van der Waals surface area contributed by atoms with Crippen molar-refractivity contribution in [1.82, 2.24) is 24.0 Å². The minimum absolute atomic E-state index is 0.00490. The second-order valence-electron chi connectivity index (χ2n) is 9.31. The van der Waals surface area contributed by atoms with Crippen LogP contribution in [-0.4, -0.2) is 52.1 Å². The molecule has 3 aromatic rings. The Kier molecular flexibility index (Phi) is 5.94. The first-order valence-corrected chi connectivity index (χ1v) is 13.0. The van der Waals surface area contributed by atoms with Crippen LogP contribution in [0.4, 0.5) is 19.0 Å². The van der Waals surface area contributed by atoms with E-state index in [0.29, 0.717) is 30.5 Å². The third-order valence-electron chi connectivity index (χ3n) is 6.61. The van der Waals surface area contributed by atoms with E-state index in [1.54, 1.807) is 13.0 Å². The molecular formula is C23H25F3N6O3S. The van der Waals surface area contributed by atoms with Crippen molar-refractivity contribution in [3.8, 4) is 11.3 Å². The number of benzene rings is 1. The minimum atomic E-state index is -4.72. The van der Waals surface area contributed by atoms with E-state index in [4.69, 9.17) is 5.73 Å². The normalized spacial score (nSPS) is 19.5. The Morgan fingerprint density at radius 3 is 2.67 bits per heavy atom. The highest BCUT2D eigenvalue weighted by atomic mass is 32.2. The Bertz CT molecular complexity index is 1450. The number of carbonyl (C=O) groups excluding carboxylic acids is 1. The molecule has 5 rings (SSSR count). The van der Waals surface area contributed by atoms with Gasteiger partial charge in [0.25, 0.3) is 0 Å². The molecular weight excluding hydrogens is 497 g/mol. The number of nitrogens with one attached hydrogen (secondary N) is 1. The topological polar surface area (TPSA) is 123 Å². The lowest BCUT2D eigenvalue weighted by atomic mass is 10.1. The maximum absolute atomic E-state index is 13.5. The number of nitrogens with two attached hydrogens (primary N) is 1. The number of alkyl halides is 3. The quantitative estimate of drug-likeness (QED) is 0.531. The average Bonchev–Trinajstić information content (AvgIpc) is 3.59. The van der Waals surface area contributed by atoms with Gasteiger partial charge in [0.1, 0.15) is 0 Å². The van der Waals surface area contributed by atoms with Gasteiger partial charge in [-0.05, 0) is 50.3 Å². The summed E-state index contributed by atoms with van der Waals surface area (Å²) in [5.74, 6) is -0.384. The van der Waals surface area contributed by atoms with Crippen molar-refractivity contribution in [2.45, 2.75) is 49.7 Å². The molecule has 13 heteroatoms. The number of piperidine rings is 1. The summed E-state index contributed by atoms with van der Waals surface area (Å²) in [6.07, 6.45) is 0.451. The van der Waals surface area contributed by atoms with E-state index >= 15 is 0 Å². The van der Waals surface area contributed by atoms with E-state index < -0.39 is 21.9 Å². The van der Waals surface area contributed by atoms with Gasteiger partial charge in [0.15, 0.2) is 17.2 Å². The number of hydrogen-bond donors (Lipinski definition) is 2. The Morgan fingerprint density at radius 2 is 1.97 bits per heavy atom. The van der Waals surface area contributed by atoms with E-state index in [9.17, 15) is 26.4 Å². The number of rotatable bonds is 5. The molecule has 1 aliphatic carbocycles. The monoisotopic (exact) mass is 522 g/mol. The number of carbonyl (C=O) groups is 1. The number of halogens is 3. The number of hydrogen-bond acceptors (Lipinski definition) is 6. The van der Waals surface area contributed by atoms with Crippen molar-refractivity contribution in [2.75, 3.05) is 18.8 Å². The lowest BCUT2D eigenvalue weighted by Crippen LogP contribution is -2.49. The summed E-state index contributed by atoms with van der Waals surface area (Å²) < 4.78 is 69.6. The zero-order chi connectivity index (χ0) is 25.8. The summed E-state index contributed by atoms with van der Waals surface area (Å²) in [4.78, 5) is 19.7. The van der Waals surface area contributed by atoms with Gasteiger partial charge in [-0.1, -0.05) is 6.07 Å². The van der Waals surface area contributed by atoms with Gasteiger partial charge in [-0.25, -0.2) is 18.4 Å². The zero-order valence-electron chi connectivity index (χ0n) is 19.4. The number of amides is 1. The molecule has 1 unspecified atom stereocenters. The van der Waals surface area contributed by atoms with Gasteiger partial charge in [-0.3, -0.25) is 9.20 Å².